The van der Waals surface area contributed by atoms with Crippen LogP contribution in [0.4, 0.5) is 0 Å². The maximum atomic E-state index is 12.6. The first-order chi connectivity index (χ1) is 10.1. The zero-order valence-corrected chi connectivity index (χ0v) is 12.9. The highest BCUT2D eigenvalue weighted by Crippen LogP contribution is 2.39. The van der Waals surface area contributed by atoms with Gasteiger partial charge in [0.15, 0.2) is 0 Å². The number of rotatable bonds is 4. The van der Waals surface area contributed by atoms with Crippen LogP contribution in [0.25, 0.3) is 0 Å². The van der Waals surface area contributed by atoms with Crippen molar-refractivity contribution in [3.8, 4) is 0 Å². The highest BCUT2D eigenvalue weighted by atomic mass is 16.5. The number of hydrogen-bond acceptors (Lipinski definition) is 3. The monoisotopic (exact) mass is 292 g/mol. The van der Waals surface area contributed by atoms with Gasteiger partial charge in [0, 0.05) is 33.5 Å². The molecule has 5 nitrogen and oxygen atoms in total. The maximum absolute atomic E-state index is 12.6. The third-order valence-corrected chi connectivity index (χ3v) is 4.78. The number of amides is 1. The molecule has 3 heterocycles. The predicted molar refractivity (Wildman–Crippen MR) is 79.2 cm³/mol. The van der Waals surface area contributed by atoms with Crippen LogP contribution in [0.2, 0.25) is 0 Å². The van der Waals surface area contributed by atoms with Gasteiger partial charge in [-0.1, -0.05) is 0 Å². The minimum absolute atomic E-state index is 0.112. The lowest BCUT2D eigenvalue weighted by molar-refractivity contribution is 0.0112. The molecule has 1 aromatic rings. The molecule has 2 saturated heterocycles. The number of aromatic nitrogens is 1. The summed E-state index contributed by atoms with van der Waals surface area (Å²) in [6.45, 7) is 3.10. The molecule has 0 bridgehead atoms. The average Bonchev–Trinajstić information content (AvgIpc) is 3.18. The fraction of sp³-hybridized carbons (Fsp3) is 0.688. The summed E-state index contributed by atoms with van der Waals surface area (Å²) in [5.41, 5.74) is 0.639. The van der Waals surface area contributed by atoms with Gasteiger partial charge in [0.25, 0.3) is 5.91 Å². The number of aryl methyl sites for hydroxylation is 1. The molecular formula is C16H24N2O3. The fourth-order valence-corrected chi connectivity index (χ4v) is 3.56. The number of nitrogens with zero attached hydrogens (tertiary/aromatic N) is 2. The second-order valence-corrected chi connectivity index (χ2v) is 6.33. The third-order valence-electron chi connectivity index (χ3n) is 4.78. The number of ether oxygens (including phenoxy) is 2. The second-order valence-electron chi connectivity index (χ2n) is 6.33. The van der Waals surface area contributed by atoms with Crippen LogP contribution in [0.1, 0.15) is 29.8 Å². The Kier molecular flexibility index (Phi) is 4.04. The lowest BCUT2D eigenvalue weighted by Crippen LogP contribution is -2.36. The van der Waals surface area contributed by atoms with Gasteiger partial charge in [0.2, 0.25) is 0 Å². The Morgan fingerprint density at radius 2 is 2.43 bits per heavy atom. The predicted octanol–water partition coefficient (Wildman–Crippen LogP) is 1.68. The van der Waals surface area contributed by atoms with Gasteiger partial charge in [-0.05, 0) is 37.3 Å². The van der Waals surface area contributed by atoms with Crippen molar-refractivity contribution in [1.82, 2.24) is 9.47 Å². The van der Waals surface area contributed by atoms with E-state index < -0.39 is 0 Å². The first kappa shape index (κ1) is 14.6. The molecule has 2 aliphatic rings. The maximum Gasteiger partial charge on any atom is 0.270 e. The third kappa shape index (κ3) is 2.85. The van der Waals surface area contributed by atoms with E-state index in [0.29, 0.717) is 5.92 Å². The Morgan fingerprint density at radius 1 is 1.57 bits per heavy atom. The van der Waals surface area contributed by atoms with Crippen LogP contribution in [-0.4, -0.2) is 54.4 Å². The lowest BCUT2D eigenvalue weighted by atomic mass is 9.92. The summed E-state index contributed by atoms with van der Waals surface area (Å²) in [6, 6.07) is 3.79. The van der Waals surface area contributed by atoms with Crippen molar-refractivity contribution in [3.05, 3.63) is 24.0 Å². The van der Waals surface area contributed by atoms with E-state index in [4.69, 9.17) is 9.47 Å². The molecule has 0 saturated carbocycles. The summed E-state index contributed by atoms with van der Waals surface area (Å²) in [5, 5.41) is 0. The first-order valence-electron chi connectivity index (χ1n) is 7.67. The molecule has 116 valence electrons. The van der Waals surface area contributed by atoms with Crippen LogP contribution in [0.5, 0.6) is 0 Å². The summed E-state index contributed by atoms with van der Waals surface area (Å²) in [4.78, 5) is 14.5. The molecule has 2 unspecified atom stereocenters. The molecule has 1 aromatic heterocycles. The van der Waals surface area contributed by atoms with E-state index in [1.54, 1.807) is 7.11 Å². The average molecular weight is 292 g/mol. The van der Waals surface area contributed by atoms with E-state index in [-0.39, 0.29) is 11.5 Å². The highest BCUT2D eigenvalue weighted by Gasteiger charge is 2.46. The van der Waals surface area contributed by atoms with Gasteiger partial charge < -0.3 is 18.9 Å². The van der Waals surface area contributed by atoms with Gasteiger partial charge >= 0.3 is 0 Å². The Morgan fingerprint density at radius 3 is 3.14 bits per heavy atom. The molecular weight excluding hydrogens is 268 g/mol. The minimum Gasteiger partial charge on any atom is -0.385 e. The first-order valence-corrected chi connectivity index (χ1v) is 7.67. The van der Waals surface area contributed by atoms with Crippen LogP contribution in [0.3, 0.4) is 0 Å². The minimum atomic E-state index is -0.112. The largest absolute Gasteiger partial charge is 0.385 e. The highest BCUT2D eigenvalue weighted by molar-refractivity contribution is 5.93. The molecule has 0 aromatic carbocycles. The van der Waals surface area contributed by atoms with E-state index >= 15 is 0 Å². The van der Waals surface area contributed by atoms with Crippen molar-refractivity contribution in [3.63, 3.8) is 0 Å². The fourth-order valence-electron chi connectivity index (χ4n) is 3.56. The molecule has 0 aliphatic carbocycles. The van der Waals surface area contributed by atoms with Crippen LogP contribution < -0.4 is 0 Å². The topological polar surface area (TPSA) is 43.7 Å². The van der Waals surface area contributed by atoms with Gasteiger partial charge in [-0.15, -0.1) is 0 Å². The van der Waals surface area contributed by atoms with Crippen molar-refractivity contribution < 1.29 is 14.3 Å². The summed E-state index contributed by atoms with van der Waals surface area (Å²) < 4.78 is 13.1. The van der Waals surface area contributed by atoms with Crippen molar-refractivity contribution >= 4 is 5.91 Å². The van der Waals surface area contributed by atoms with E-state index in [1.807, 2.05) is 34.8 Å². The quantitative estimate of drug-likeness (QED) is 0.848. The van der Waals surface area contributed by atoms with Gasteiger partial charge in [0.05, 0.1) is 18.8 Å². The van der Waals surface area contributed by atoms with Crippen molar-refractivity contribution in [1.29, 1.82) is 0 Å². The molecule has 3 rings (SSSR count). The van der Waals surface area contributed by atoms with Crippen LogP contribution >= 0.6 is 0 Å². The number of carbonyl (C=O) groups excluding carboxylic acids is 1. The van der Waals surface area contributed by atoms with Crippen molar-refractivity contribution in [2.45, 2.75) is 24.9 Å². The summed E-state index contributed by atoms with van der Waals surface area (Å²) in [6.07, 6.45) is 4.95. The normalized spacial score (nSPS) is 28.7. The number of likely N-dealkylation sites (tertiary alicyclic amines) is 1. The number of carbonyl (C=O) groups is 1. The van der Waals surface area contributed by atoms with E-state index in [0.717, 1.165) is 51.3 Å². The molecule has 5 heteroatoms. The van der Waals surface area contributed by atoms with Gasteiger partial charge in [-0.3, -0.25) is 4.79 Å². The SMILES string of the molecule is COCCC1COC2(CCN(C(=O)c3cccn3C)C2)C1. The zero-order chi connectivity index (χ0) is 14.9. The summed E-state index contributed by atoms with van der Waals surface area (Å²) in [5.74, 6) is 0.679. The van der Waals surface area contributed by atoms with Crippen molar-refractivity contribution in [2.24, 2.45) is 13.0 Å². The van der Waals surface area contributed by atoms with Gasteiger partial charge in [-0.25, -0.2) is 0 Å². The van der Waals surface area contributed by atoms with E-state index in [9.17, 15) is 4.79 Å². The Labute approximate surface area is 125 Å². The van der Waals surface area contributed by atoms with Crippen LogP contribution in [-0.2, 0) is 16.5 Å². The second kappa shape index (κ2) is 5.81. The standard InChI is InChI=1S/C16H24N2O3/c1-17-7-3-4-14(17)15(19)18-8-6-16(12-18)10-13(11-21-16)5-9-20-2/h3-4,7,13H,5-6,8-12H2,1-2H3. The summed E-state index contributed by atoms with van der Waals surface area (Å²) in [7, 11) is 3.65. The Hall–Kier alpha value is -1.33. The summed E-state index contributed by atoms with van der Waals surface area (Å²) >= 11 is 0. The van der Waals surface area contributed by atoms with Gasteiger partial charge in [-0.2, -0.15) is 0 Å². The smallest absolute Gasteiger partial charge is 0.270 e. The molecule has 21 heavy (non-hydrogen) atoms. The van der Waals surface area contributed by atoms with E-state index in [1.165, 1.54) is 0 Å². The molecule has 2 atom stereocenters. The number of hydrogen-bond donors (Lipinski definition) is 0. The van der Waals surface area contributed by atoms with Crippen LogP contribution in [0.15, 0.2) is 18.3 Å². The lowest BCUT2D eigenvalue weighted by Gasteiger charge is -2.23. The van der Waals surface area contributed by atoms with Crippen LogP contribution in [0, 0.1) is 5.92 Å². The number of methoxy groups -OCH3 is 1. The Bertz CT molecular complexity index is 513. The molecule has 0 N–H and O–H groups in total. The van der Waals surface area contributed by atoms with Crippen molar-refractivity contribution in [2.75, 3.05) is 33.4 Å². The molecule has 0 radical (unpaired) electrons. The molecule has 1 amide bonds. The molecule has 2 aliphatic heterocycles. The molecule has 2 fully saturated rings. The molecule has 1 spiro atoms. The Balaban J connectivity index is 1.61. The zero-order valence-electron chi connectivity index (χ0n) is 12.9. The van der Waals surface area contributed by atoms with E-state index in [2.05, 4.69) is 0 Å². The van der Waals surface area contributed by atoms with Gasteiger partial charge in [0.1, 0.15) is 5.69 Å².